The fourth-order valence-corrected chi connectivity index (χ4v) is 2.33. The van der Waals surface area contributed by atoms with Gasteiger partial charge in [-0.05, 0) is 19.9 Å². The van der Waals surface area contributed by atoms with E-state index in [1.807, 2.05) is 13.2 Å². The summed E-state index contributed by atoms with van der Waals surface area (Å²) in [7, 11) is 4.10. The zero-order valence-corrected chi connectivity index (χ0v) is 13.2. The van der Waals surface area contributed by atoms with E-state index in [0.717, 1.165) is 36.6 Å². The number of aromatic nitrogens is 2. The van der Waals surface area contributed by atoms with Gasteiger partial charge in [-0.2, -0.15) is 0 Å². The van der Waals surface area contributed by atoms with Crippen molar-refractivity contribution < 1.29 is 0 Å². The van der Waals surface area contributed by atoms with Gasteiger partial charge in [0, 0.05) is 25.6 Å². The Hall–Kier alpha value is -1.16. The van der Waals surface area contributed by atoms with Crippen LogP contribution in [-0.4, -0.2) is 30.1 Å². The van der Waals surface area contributed by atoms with Crippen LogP contribution in [0.2, 0.25) is 0 Å². The van der Waals surface area contributed by atoms with Gasteiger partial charge < -0.3 is 10.2 Å². The molecule has 0 aliphatic carbocycles. The first-order chi connectivity index (χ1) is 9.04. The monoisotopic (exact) mass is 264 g/mol. The van der Waals surface area contributed by atoms with Crippen LogP contribution < -0.4 is 10.2 Å². The van der Waals surface area contributed by atoms with Crippen molar-refractivity contribution in [1.82, 2.24) is 15.3 Å². The van der Waals surface area contributed by atoms with Crippen LogP contribution in [0, 0.1) is 0 Å². The molecule has 108 valence electrons. The summed E-state index contributed by atoms with van der Waals surface area (Å²) in [6, 6.07) is 0.545. The summed E-state index contributed by atoms with van der Waals surface area (Å²) in [5.41, 5.74) is 2.24. The molecular weight excluding hydrogens is 236 g/mol. The van der Waals surface area contributed by atoms with Crippen LogP contribution in [0.4, 0.5) is 5.69 Å². The minimum Gasteiger partial charge on any atom is -0.369 e. The molecule has 0 saturated carbocycles. The van der Waals surface area contributed by atoms with Gasteiger partial charge in [-0.1, -0.05) is 27.7 Å². The molecule has 19 heavy (non-hydrogen) atoms. The maximum atomic E-state index is 4.72. The van der Waals surface area contributed by atoms with Crippen LogP contribution in [-0.2, 0) is 6.54 Å². The maximum Gasteiger partial charge on any atom is 0.131 e. The van der Waals surface area contributed by atoms with Crippen molar-refractivity contribution in [3.8, 4) is 0 Å². The van der Waals surface area contributed by atoms with Gasteiger partial charge in [0.05, 0.1) is 17.6 Å². The first-order valence-corrected chi connectivity index (χ1v) is 7.28. The number of anilines is 1. The molecule has 0 aliphatic rings. The molecule has 1 aromatic heterocycles. The molecule has 0 radical (unpaired) electrons. The Bertz CT molecular complexity index is 386. The van der Waals surface area contributed by atoms with E-state index in [-0.39, 0.29) is 0 Å². The minimum atomic E-state index is 0.364. The lowest BCUT2D eigenvalue weighted by Crippen LogP contribution is -2.32. The van der Waals surface area contributed by atoms with Crippen molar-refractivity contribution in [2.45, 2.75) is 59.0 Å². The van der Waals surface area contributed by atoms with E-state index in [2.05, 4.69) is 49.9 Å². The molecule has 0 unspecified atom stereocenters. The summed E-state index contributed by atoms with van der Waals surface area (Å²) >= 11 is 0. The minimum absolute atomic E-state index is 0.364. The van der Waals surface area contributed by atoms with Gasteiger partial charge in [-0.25, -0.2) is 9.97 Å². The summed E-state index contributed by atoms with van der Waals surface area (Å²) in [5, 5.41) is 3.20. The van der Waals surface area contributed by atoms with E-state index < -0.39 is 0 Å². The molecule has 4 heteroatoms. The molecule has 1 aromatic rings. The Morgan fingerprint density at radius 3 is 2.37 bits per heavy atom. The van der Waals surface area contributed by atoms with E-state index in [4.69, 9.17) is 4.98 Å². The van der Waals surface area contributed by atoms with E-state index in [0.29, 0.717) is 12.0 Å². The van der Waals surface area contributed by atoms with Crippen LogP contribution in [0.5, 0.6) is 0 Å². The molecule has 4 nitrogen and oxygen atoms in total. The number of hydrogen-bond acceptors (Lipinski definition) is 4. The van der Waals surface area contributed by atoms with Crippen molar-refractivity contribution in [3.63, 3.8) is 0 Å². The smallest absolute Gasteiger partial charge is 0.131 e. The third-order valence-electron chi connectivity index (χ3n) is 3.60. The SMILES string of the molecule is CCC(CC)N(C)c1cnc(C(C)C)nc1CNC. The van der Waals surface area contributed by atoms with E-state index in [1.54, 1.807) is 0 Å². The average Bonchev–Trinajstić information content (AvgIpc) is 2.40. The Labute approximate surface area is 117 Å². The molecule has 0 amide bonds. The first kappa shape index (κ1) is 15.9. The second-order valence-electron chi connectivity index (χ2n) is 5.33. The molecular formula is C15H28N4. The van der Waals surface area contributed by atoms with Gasteiger partial charge in [0.25, 0.3) is 0 Å². The topological polar surface area (TPSA) is 41.1 Å². The highest BCUT2D eigenvalue weighted by atomic mass is 15.2. The molecule has 1 rings (SSSR count). The van der Waals surface area contributed by atoms with Crippen LogP contribution in [0.15, 0.2) is 6.20 Å². The zero-order valence-electron chi connectivity index (χ0n) is 13.2. The highest BCUT2D eigenvalue weighted by Crippen LogP contribution is 2.23. The van der Waals surface area contributed by atoms with Crippen LogP contribution in [0.3, 0.4) is 0 Å². The van der Waals surface area contributed by atoms with Gasteiger partial charge in [0.1, 0.15) is 5.82 Å². The van der Waals surface area contributed by atoms with Gasteiger partial charge >= 0.3 is 0 Å². The standard InChI is InChI=1S/C15H28N4/c1-7-12(8-2)19(6)14-10-17-15(11(3)4)18-13(14)9-16-5/h10-12,16H,7-9H2,1-6H3. The lowest BCUT2D eigenvalue weighted by molar-refractivity contribution is 0.584. The molecule has 0 bridgehead atoms. The Balaban J connectivity index is 3.11. The van der Waals surface area contributed by atoms with Crippen LogP contribution >= 0.6 is 0 Å². The normalized spacial score (nSPS) is 11.4. The lowest BCUT2D eigenvalue weighted by Gasteiger charge is -2.29. The summed E-state index contributed by atoms with van der Waals surface area (Å²) in [5.74, 6) is 1.29. The third kappa shape index (κ3) is 3.90. The summed E-state index contributed by atoms with van der Waals surface area (Å²) in [6.07, 6.45) is 4.25. The van der Waals surface area contributed by atoms with Gasteiger partial charge in [0.15, 0.2) is 0 Å². The molecule has 0 atom stereocenters. The van der Waals surface area contributed by atoms with Crippen molar-refractivity contribution in [2.24, 2.45) is 0 Å². The molecule has 0 saturated heterocycles. The molecule has 1 N–H and O–H groups in total. The number of nitrogens with one attached hydrogen (secondary N) is 1. The van der Waals surface area contributed by atoms with Crippen molar-refractivity contribution in [3.05, 3.63) is 17.7 Å². The molecule has 0 fully saturated rings. The number of hydrogen-bond donors (Lipinski definition) is 1. The Morgan fingerprint density at radius 1 is 1.26 bits per heavy atom. The summed E-state index contributed by atoms with van der Waals surface area (Å²) in [4.78, 5) is 11.5. The first-order valence-electron chi connectivity index (χ1n) is 7.28. The quantitative estimate of drug-likeness (QED) is 0.822. The second kappa shape index (κ2) is 7.43. The average molecular weight is 264 g/mol. The molecule has 0 aromatic carbocycles. The largest absolute Gasteiger partial charge is 0.369 e. The highest BCUT2D eigenvalue weighted by Gasteiger charge is 2.17. The van der Waals surface area contributed by atoms with Crippen molar-refractivity contribution in [1.29, 1.82) is 0 Å². The predicted molar refractivity (Wildman–Crippen MR) is 81.7 cm³/mol. The predicted octanol–water partition coefficient (Wildman–Crippen LogP) is 2.94. The van der Waals surface area contributed by atoms with E-state index in [1.165, 1.54) is 0 Å². The summed E-state index contributed by atoms with van der Waals surface area (Å²) in [6.45, 7) is 9.49. The van der Waals surface area contributed by atoms with Gasteiger partial charge in [0.2, 0.25) is 0 Å². The second-order valence-corrected chi connectivity index (χ2v) is 5.33. The lowest BCUT2D eigenvalue weighted by atomic mass is 10.1. The fourth-order valence-electron chi connectivity index (χ4n) is 2.33. The van der Waals surface area contributed by atoms with Gasteiger partial charge in [-0.3, -0.25) is 0 Å². The molecule has 0 aliphatic heterocycles. The molecule has 1 heterocycles. The van der Waals surface area contributed by atoms with Crippen molar-refractivity contribution in [2.75, 3.05) is 19.0 Å². The maximum absolute atomic E-state index is 4.72. The van der Waals surface area contributed by atoms with E-state index in [9.17, 15) is 0 Å². The fraction of sp³-hybridized carbons (Fsp3) is 0.733. The zero-order chi connectivity index (χ0) is 14.4. The van der Waals surface area contributed by atoms with Crippen LogP contribution in [0.25, 0.3) is 0 Å². The van der Waals surface area contributed by atoms with Gasteiger partial charge in [-0.15, -0.1) is 0 Å². The number of nitrogens with zero attached hydrogens (tertiary/aromatic N) is 3. The molecule has 0 spiro atoms. The van der Waals surface area contributed by atoms with E-state index >= 15 is 0 Å². The summed E-state index contributed by atoms with van der Waals surface area (Å²) < 4.78 is 0. The Morgan fingerprint density at radius 2 is 1.89 bits per heavy atom. The van der Waals surface area contributed by atoms with Crippen molar-refractivity contribution >= 4 is 5.69 Å². The highest BCUT2D eigenvalue weighted by molar-refractivity contribution is 5.49. The Kier molecular flexibility index (Phi) is 6.22. The van der Waals surface area contributed by atoms with Crippen LogP contribution in [0.1, 0.15) is 58.0 Å². The number of rotatable bonds is 7. The third-order valence-corrected chi connectivity index (χ3v) is 3.60.